The molecule has 0 amide bonds. The van der Waals surface area contributed by atoms with E-state index in [4.69, 9.17) is 37.1 Å². The molecule has 0 saturated heterocycles. The molecular formula is C21H12Cl2O5S. The predicted molar refractivity (Wildman–Crippen MR) is 113 cm³/mol. The van der Waals surface area contributed by atoms with Crippen LogP contribution in [0.2, 0.25) is 10.0 Å². The molecule has 0 fully saturated rings. The number of fused-ring (bicyclic) bond motifs is 1. The molecule has 4 rings (SSSR count). The molecule has 5 nitrogen and oxygen atoms in total. The van der Waals surface area contributed by atoms with E-state index in [0.717, 1.165) is 11.3 Å². The van der Waals surface area contributed by atoms with Gasteiger partial charge in [0, 0.05) is 17.2 Å². The van der Waals surface area contributed by atoms with Crippen LogP contribution in [0.3, 0.4) is 0 Å². The van der Waals surface area contributed by atoms with E-state index in [1.165, 1.54) is 0 Å². The minimum Gasteiger partial charge on any atom is -0.482 e. The number of hydrogen-bond acceptors (Lipinski definition) is 6. The summed E-state index contributed by atoms with van der Waals surface area (Å²) in [6.45, 7) is -0.267. The minimum atomic E-state index is -0.591. The van der Waals surface area contributed by atoms with Crippen LogP contribution in [0.4, 0.5) is 0 Å². The summed E-state index contributed by atoms with van der Waals surface area (Å²) in [5, 5.41) is 0.661. The monoisotopic (exact) mass is 446 g/mol. The SMILES string of the molecule is O=C(COc1ccccc1)Oc1cc(-c2cccc(Cl)c2Cl)c2oc(=O)sc2c1. The lowest BCUT2D eigenvalue weighted by Crippen LogP contribution is -2.17. The average molecular weight is 447 g/mol. The molecule has 0 saturated carbocycles. The summed E-state index contributed by atoms with van der Waals surface area (Å²) in [6.07, 6.45) is 0. The van der Waals surface area contributed by atoms with Crippen molar-refractivity contribution in [3.05, 3.63) is 80.4 Å². The molecule has 146 valence electrons. The van der Waals surface area contributed by atoms with Crippen molar-refractivity contribution < 1.29 is 18.7 Å². The Morgan fingerprint density at radius 2 is 1.76 bits per heavy atom. The predicted octanol–water partition coefficient (Wildman–Crippen LogP) is 5.81. The Morgan fingerprint density at radius 3 is 2.55 bits per heavy atom. The summed E-state index contributed by atoms with van der Waals surface area (Å²) in [4.78, 5) is 23.5. The lowest BCUT2D eigenvalue weighted by molar-refractivity contribution is -0.136. The Hall–Kier alpha value is -2.80. The molecule has 3 aromatic carbocycles. The van der Waals surface area contributed by atoms with Crippen LogP contribution in [0, 0.1) is 0 Å². The highest BCUT2D eigenvalue weighted by Crippen LogP contribution is 2.40. The Labute approximate surface area is 179 Å². The molecule has 0 spiro atoms. The first-order chi connectivity index (χ1) is 14.0. The first-order valence-corrected chi connectivity index (χ1v) is 9.99. The fraction of sp³-hybridized carbons (Fsp3) is 0.0476. The summed E-state index contributed by atoms with van der Waals surface area (Å²) in [7, 11) is 0. The zero-order chi connectivity index (χ0) is 20.4. The first kappa shape index (κ1) is 19.5. The number of esters is 1. The summed E-state index contributed by atoms with van der Waals surface area (Å²) in [6, 6.07) is 17.2. The normalized spacial score (nSPS) is 10.8. The van der Waals surface area contributed by atoms with E-state index in [-0.39, 0.29) is 12.4 Å². The van der Waals surface area contributed by atoms with Gasteiger partial charge in [0.15, 0.2) is 12.2 Å². The maximum Gasteiger partial charge on any atom is 0.396 e. The van der Waals surface area contributed by atoms with Crippen LogP contribution in [0.25, 0.3) is 21.4 Å². The zero-order valence-electron chi connectivity index (χ0n) is 14.7. The lowest BCUT2D eigenvalue weighted by atomic mass is 10.0. The van der Waals surface area contributed by atoms with E-state index >= 15 is 0 Å². The summed E-state index contributed by atoms with van der Waals surface area (Å²) in [5.41, 5.74) is 1.41. The first-order valence-electron chi connectivity index (χ1n) is 8.42. The minimum absolute atomic E-state index is 0.238. The molecule has 0 unspecified atom stereocenters. The van der Waals surface area contributed by atoms with Gasteiger partial charge in [0.2, 0.25) is 0 Å². The van der Waals surface area contributed by atoms with Crippen molar-refractivity contribution in [2.24, 2.45) is 0 Å². The van der Waals surface area contributed by atoms with Crippen molar-refractivity contribution in [3.63, 3.8) is 0 Å². The number of carbonyl (C=O) groups is 1. The second kappa shape index (κ2) is 8.29. The highest BCUT2D eigenvalue weighted by atomic mass is 35.5. The Morgan fingerprint density at radius 1 is 0.966 bits per heavy atom. The molecule has 0 N–H and O–H groups in total. The Kier molecular flexibility index (Phi) is 5.58. The van der Waals surface area contributed by atoms with Crippen molar-refractivity contribution >= 4 is 50.8 Å². The standard InChI is InChI=1S/C21H12Cl2O5S/c22-16-8-4-7-14(19(16)23)15-9-13(10-17-20(15)28-21(25)29-17)27-18(24)11-26-12-5-2-1-3-6-12/h1-10H,11H2. The van der Waals surface area contributed by atoms with Gasteiger partial charge >= 0.3 is 10.9 Å². The molecule has 1 heterocycles. The van der Waals surface area contributed by atoms with Gasteiger partial charge in [0.25, 0.3) is 0 Å². The third-order valence-corrected chi connectivity index (χ3v) is 5.57. The third-order valence-electron chi connectivity index (χ3n) is 3.98. The molecule has 1 aromatic heterocycles. The molecule has 4 aromatic rings. The van der Waals surface area contributed by atoms with Crippen LogP contribution < -0.4 is 14.4 Å². The van der Waals surface area contributed by atoms with Crippen molar-refractivity contribution in [3.8, 4) is 22.6 Å². The van der Waals surface area contributed by atoms with Crippen molar-refractivity contribution in [2.45, 2.75) is 0 Å². The number of ether oxygens (including phenoxy) is 2. The topological polar surface area (TPSA) is 65.7 Å². The second-order valence-electron chi connectivity index (χ2n) is 5.93. The number of carbonyl (C=O) groups excluding carboxylic acids is 1. The highest BCUT2D eigenvalue weighted by molar-refractivity contribution is 7.16. The molecule has 8 heteroatoms. The maximum absolute atomic E-state index is 12.2. The average Bonchev–Trinajstić information content (AvgIpc) is 3.09. The van der Waals surface area contributed by atoms with Gasteiger partial charge in [-0.1, -0.05) is 64.9 Å². The van der Waals surface area contributed by atoms with E-state index < -0.39 is 10.9 Å². The van der Waals surface area contributed by atoms with E-state index in [1.807, 2.05) is 6.07 Å². The van der Waals surface area contributed by atoms with E-state index in [1.54, 1.807) is 54.6 Å². The summed E-state index contributed by atoms with van der Waals surface area (Å²) >= 11 is 13.4. The van der Waals surface area contributed by atoms with Crippen LogP contribution in [-0.4, -0.2) is 12.6 Å². The molecule has 0 aliphatic heterocycles. The lowest BCUT2D eigenvalue weighted by Gasteiger charge is -2.10. The quantitative estimate of drug-likeness (QED) is 0.285. The van der Waals surface area contributed by atoms with Crippen LogP contribution in [0.1, 0.15) is 0 Å². The fourth-order valence-electron chi connectivity index (χ4n) is 2.74. The van der Waals surface area contributed by atoms with Gasteiger partial charge < -0.3 is 13.9 Å². The van der Waals surface area contributed by atoms with Crippen LogP contribution in [-0.2, 0) is 4.79 Å². The number of rotatable bonds is 5. The van der Waals surface area contributed by atoms with Crippen molar-refractivity contribution in [2.75, 3.05) is 6.61 Å². The Bertz CT molecular complexity index is 1250. The van der Waals surface area contributed by atoms with Crippen LogP contribution in [0.5, 0.6) is 11.5 Å². The molecule has 29 heavy (non-hydrogen) atoms. The largest absolute Gasteiger partial charge is 0.482 e. The number of benzene rings is 3. The molecule has 0 aliphatic rings. The third kappa shape index (κ3) is 4.29. The Balaban J connectivity index is 1.66. The van der Waals surface area contributed by atoms with Crippen LogP contribution in [0.15, 0.2) is 69.9 Å². The molecule has 0 radical (unpaired) electrons. The van der Waals surface area contributed by atoms with E-state index in [2.05, 4.69) is 0 Å². The fourth-order valence-corrected chi connectivity index (χ4v) is 3.87. The van der Waals surface area contributed by atoms with Gasteiger partial charge in [-0.25, -0.2) is 9.59 Å². The van der Waals surface area contributed by atoms with E-state index in [9.17, 15) is 9.59 Å². The smallest absolute Gasteiger partial charge is 0.396 e. The van der Waals surface area contributed by atoms with Gasteiger partial charge in [0.1, 0.15) is 11.5 Å². The zero-order valence-corrected chi connectivity index (χ0v) is 17.0. The van der Waals surface area contributed by atoms with E-state index in [0.29, 0.717) is 37.2 Å². The molecule has 0 atom stereocenters. The van der Waals surface area contributed by atoms with Crippen molar-refractivity contribution in [1.29, 1.82) is 0 Å². The van der Waals surface area contributed by atoms with Crippen molar-refractivity contribution in [1.82, 2.24) is 0 Å². The van der Waals surface area contributed by atoms with Gasteiger partial charge in [-0.15, -0.1) is 0 Å². The van der Waals surface area contributed by atoms with Gasteiger partial charge in [0.05, 0.1) is 14.7 Å². The number of hydrogen-bond donors (Lipinski definition) is 0. The molecular weight excluding hydrogens is 435 g/mol. The van der Waals surface area contributed by atoms with Gasteiger partial charge in [-0.3, -0.25) is 0 Å². The highest BCUT2D eigenvalue weighted by Gasteiger charge is 2.17. The number of para-hydroxylation sites is 1. The molecule has 0 bridgehead atoms. The second-order valence-corrected chi connectivity index (χ2v) is 7.69. The maximum atomic E-state index is 12.2. The number of halogens is 2. The summed E-state index contributed by atoms with van der Waals surface area (Å²) < 4.78 is 16.6. The van der Waals surface area contributed by atoms with Crippen LogP contribution >= 0.6 is 34.5 Å². The van der Waals surface area contributed by atoms with Gasteiger partial charge in [-0.05, 0) is 24.3 Å². The summed E-state index contributed by atoms with van der Waals surface area (Å²) in [5.74, 6) is 0.203. The molecule has 0 aliphatic carbocycles. The van der Waals surface area contributed by atoms with Gasteiger partial charge in [-0.2, -0.15) is 0 Å².